The molecule has 0 aromatic carbocycles. The summed E-state index contributed by atoms with van der Waals surface area (Å²) in [7, 11) is 0. The summed E-state index contributed by atoms with van der Waals surface area (Å²) in [6, 6.07) is 0.242. The van der Waals surface area contributed by atoms with E-state index in [0.29, 0.717) is 25.3 Å². The molecule has 2 N–H and O–H groups in total. The van der Waals surface area contributed by atoms with Gasteiger partial charge in [-0.1, -0.05) is 6.92 Å². The van der Waals surface area contributed by atoms with Gasteiger partial charge in [0.15, 0.2) is 0 Å². The van der Waals surface area contributed by atoms with Gasteiger partial charge in [-0.2, -0.15) is 5.10 Å². The quantitative estimate of drug-likeness (QED) is 0.764. The number of carbonyl (C=O) groups is 1. The van der Waals surface area contributed by atoms with Crippen LogP contribution in [0.4, 0.5) is 0 Å². The number of carbonyl (C=O) groups excluding carboxylic acids is 1. The first-order chi connectivity index (χ1) is 8.54. The zero-order valence-corrected chi connectivity index (χ0v) is 11.6. The molecule has 0 aliphatic heterocycles. The summed E-state index contributed by atoms with van der Waals surface area (Å²) in [6.45, 7) is 6.89. The number of ketones is 1. The van der Waals surface area contributed by atoms with E-state index in [2.05, 4.69) is 17.0 Å². The van der Waals surface area contributed by atoms with Crippen LogP contribution in [-0.4, -0.2) is 27.1 Å². The van der Waals surface area contributed by atoms with Crippen LogP contribution in [0.1, 0.15) is 51.9 Å². The summed E-state index contributed by atoms with van der Waals surface area (Å²) in [6.07, 6.45) is 4.39. The third-order valence-electron chi connectivity index (χ3n) is 3.07. The lowest BCUT2D eigenvalue weighted by Crippen LogP contribution is -2.14. The molecule has 1 unspecified atom stereocenters. The zero-order chi connectivity index (χ0) is 13.5. The Balaban J connectivity index is 2.42. The van der Waals surface area contributed by atoms with E-state index >= 15 is 0 Å². The molecule has 0 aliphatic rings. The van der Waals surface area contributed by atoms with Crippen molar-refractivity contribution < 1.29 is 4.79 Å². The molecule has 102 valence electrons. The van der Waals surface area contributed by atoms with E-state index in [1.807, 2.05) is 13.8 Å². The second-order valence-corrected chi connectivity index (χ2v) is 5.15. The predicted molar refractivity (Wildman–Crippen MR) is 71.2 cm³/mol. The van der Waals surface area contributed by atoms with E-state index in [1.165, 1.54) is 6.33 Å². The smallest absolute Gasteiger partial charge is 0.140 e. The lowest BCUT2D eigenvalue weighted by molar-refractivity contribution is -0.118. The first-order valence-electron chi connectivity index (χ1n) is 6.64. The predicted octanol–water partition coefficient (Wildman–Crippen LogP) is 1.74. The highest BCUT2D eigenvalue weighted by Gasteiger charge is 2.13. The van der Waals surface area contributed by atoms with Gasteiger partial charge in [-0.25, -0.2) is 9.67 Å². The molecule has 0 saturated heterocycles. The second-order valence-electron chi connectivity index (χ2n) is 5.15. The monoisotopic (exact) mass is 252 g/mol. The largest absolute Gasteiger partial charge is 0.330 e. The SMILES string of the molecule is CC(CCN)CCC(=O)Cc1ncnn1C(C)C. The van der Waals surface area contributed by atoms with Crippen molar-refractivity contribution in [2.75, 3.05) is 6.54 Å². The Morgan fingerprint density at radius 2 is 2.11 bits per heavy atom. The lowest BCUT2D eigenvalue weighted by Gasteiger charge is -2.10. The minimum absolute atomic E-state index is 0.230. The molecule has 5 heteroatoms. The summed E-state index contributed by atoms with van der Waals surface area (Å²) in [5.41, 5.74) is 5.49. The first kappa shape index (κ1) is 14.8. The molecule has 1 rings (SSSR count). The molecule has 0 amide bonds. The summed E-state index contributed by atoms with van der Waals surface area (Å²) in [5, 5.41) is 4.13. The highest BCUT2D eigenvalue weighted by Crippen LogP contribution is 2.12. The lowest BCUT2D eigenvalue weighted by atomic mass is 9.99. The molecule has 1 aromatic rings. The first-order valence-corrected chi connectivity index (χ1v) is 6.64. The number of hydrogen-bond donors (Lipinski definition) is 1. The van der Waals surface area contributed by atoms with Gasteiger partial charge in [0, 0.05) is 12.5 Å². The Morgan fingerprint density at radius 1 is 1.39 bits per heavy atom. The van der Waals surface area contributed by atoms with Crippen molar-refractivity contribution in [2.45, 2.75) is 52.5 Å². The van der Waals surface area contributed by atoms with Crippen molar-refractivity contribution in [3.05, 3.63) is 12.2 Å². The average molecular weight is 252 g/mol. The number of nitrogens with zero attached hydrogens (tertiary/aromatic N) is 3. The number of Topliss-reactive ketones (excluding diaryl/α,β-unsaturated/α-hetero) is 1. The number of rotatable bonds is 8. The molecule has 1 aromatic heterocycles. The second kappa shape index (κ2) is 7.26. The van der Waals surface area contributed by atoms with Crippen molar-refractivity contribution >= 4 is 5.78 Å². The Hall–Kier alpha value is -1.23. The maximum Gasteiger partial charge on any atom is 0.140 e. The van der Waals surface area contributed by atoms with Crippen molar-refractivity contribution in [3.63, 3.8) is 0 Å². The molecule has 0 fully saturated rings. The summed E-state index contributed by atoms with van der Waals surface area (Å²) >= 11 is 0. The molecular weight excluding hydrogens is 228 g/mol. The number of aromatic nitrogens is 3. The van der Waals surface area contributed by atoms with E-state index in [-0.39, 0.29) is 11.8 Å². The Bertz CT molecular complexity index is 373. The number of hydrogen-bond acceptors (Lipinski definition) is 4. The topological polar surface area (TPSA) is 73.8 Å². The van der Waals surface area contributed by atoms with Crippen molar-refractivity contribution in [2.24, 2.45) is 11.7 Å². The average Bonchev–Trinajstić information content (AvgIpc) is 2.75. The van der Waals surface area contributed by atoms with Gasteiger partial charge in [0.25, 0.3) is 0 Å². The molecule has 5 nitrogen and oxygen atoms in total. The molecule has 18 heavy (non-hydrogen) atoms. The van der Waals surface area contributed by atoms with Crippen LogP contribution in [0.3, 0.4) is 0 Å². The molecule has 0 spiro atoms. The highest BCUT2D eigenvalue weighted by molar-refractivity contribution is 5.80. The molecule has 0 aliphatic carbocycles. The standard InChI is InChI=1S/C13H24N4O/c1-10(2)17-13(15-9-16-17)8-12(18)5-4-11(3)6-7-14/h9-11H,4-8,14H2,1-3H3. The van der Waals surface area contributed by atoms with E-state index in [0.717, 1.165) is 18.7 Å². The van der Waals surface area contributed by atoms with Crippen LogP contribution < -0.4 is 5.73 Å². The molecule has 1 heterocycles. The van der Waals surface area contributed by atoms with Gasteiger partial charge in [-0.05, 0) is 39.2 Å². The van der Waals surface area contributed by atoms with Crippen LogP contribution in [0.2, 0.25) is 0 Å². The zero-order valence-electron chi connectivity index (χ0n) is 11.6. The summed E-state index contributed by atoms with van der Waals surface area (Å²) < 4.78 is 1.81. The van der Waals surface area contributed by atoms with Gasteiger partial charge >= 0.3 is 0 Å². The van der Waals surface area contributed by atoms with Crippen molar-refractivity contribution in [1.82, 2.24) is 14.8 Å². The normalized spacial score (nSPS) is 12.9. The molecular formula is C13H24N4O. The third kappa shape index (κ3) is 4.56. The van der Waals surface area contributed by atoms with Crippen LogP contribution in [-0.2, 0) is 11.2 Å². The van der Waals surface area contributed by atoms with E-state index in [4.69, 9.17) is 5.73 Å². The van der Waals surface area contributed by atoms with Gasteiger partial charge in [-0.15, -0.1) is 0 Å². The fraction of sp³-hybridized carbons (Fsp3) is 0.769. The Labute approximate surface area is 109 Å². The maximum absolute atomic E-state index is 11.9. The Morgan fingerprint density at radius 3 is 2.72 bits per heavy atom. The fourth-order valence-electron chi connectivity index (χ4n) is 1.93. The summed E-state index contributed by atoms with van der Waals surface area (Å²) in [5.74, 6) is 1.51. The molecule has 0 radical (unpaired) electrons. The van der Waals surface area contributed by atoms with Crippen molar-refractivity contribution in [3.8, 4) is 0 Å². The van der Waals surface area contributed by atoms with Crippen LogP contribution >= 0.6 is 0 Å². The minimum atomic E-state index is 0.230. The van der Waals surface area contributed by atoms with Gasteiger partial charge < -0.3 is 5.73 Å². The minimum Gasteiger partial charge on any atom is -0.330 e. The molecule has 1 atom stereocenters. The summed E-state index contributed by atoms with van der Waals surface area (Å²) in [4.78, 5) is 16.0. The fourth-order valence-corrected chi connectivity index (χ4v) is 1.93. The van der Waals surface area contributed by atoms with Crippen molar-refractivity contribution in [1.29, 1.82) is 0 Å². The van der Waals surface area contributed by atoms with Gasteiger partial charge in [0.05, 0.1) is 6.42 Å². The van der Waals surface area contributed by atoms with E-state index in [9.17, 15) is 4.79 Å². The number of nitrogens with two attached hydrogens (primary N) is 1. The highest BCUT2D eigenvalue weighted by atomic mass is 16.1. The van der Waals surface area contributed by atoms with Crippen LogP contribution in [0, 0.1) is 5.92 Å². The van der Waals surface area contributed by atoms with Crippen LogP contribution in [0.25, 0.3) is 0 Å². The Kier molecular flexibility index (Phi) is 5.98. The maximum atomic E-state index is 11.9. The van der Waals surface area contributed by atoms with Gasteiger partial charge in [0.2, 0.25) is 0 Å². The van der Waals surface area contributed by atoms with Crippen LogP contribution in [0.15, 0.2) is 6.33 Å². The van der Waals surface area contributed by atoms with E-state index < -0.39 is 0 Å². The van der Waals surface area contributed by atoms with E-state index in [1.54, 1.807) is 4.68 Å². The third-order valence-corrected chi connectivity index (χ3v) is 3.07. The molecule has 0 saturated carbocycles. The van der Waals surface area contributed by atoms with Gasteiger partial charge in [-0.3, -0.25) is 4.79 Å². The molecule has 0 bridgehead atoms. The van der Waals surface area contributed by atoms with Gasteiger partial charge in [0.1, 0.15) is 17.9 Å². The van der Waals surface area contributed by atoms with Crippen LogP contribution in [0.5, 0.6) is 0 Å².